The van der Waals surface area contributed by atoms with E-state index in [1.54, 1.807) is 23.7 Å². The molecule has 1 saturated heterocycles. The molecule has 1 aliphatic rings. The lowest BCUT2D eigenvalue weighted by molar-refractivity contribution is -0.119. The predicted molar refractivity (Wildman–Crippen MR) is 115 cm³/mol. The summed E-state index contributed by atoms with van der Waals surface area (Å²) in [5.74, 6) is 0.965. The number of hydrogen-bond acceptors (Lipinski definition) is 3. The summed E-state index contributed by atoms with van der Waals surface area (Å²) in [4.78, 5) is 29.3. The fraction of sp³-hybridized carbons (Fsp3) is 0.611. The van der Waals surface area contributed by atoms with Gasteiger partial charge in [-0.25, -0.2) is 0 Å². The number of rotatable bonds is 7. The minimum absolute atomic E-state index is 0. The molecule has 1 aromatic heterocycles. The van der Waals surface area contributed by atoms with Gasteiger partial charge in [0.1, 0.15) is 0 Å². The van der Waals surface area contributed by atoms with Gasteiger partial charge in [0.25, 0.3) is 0 Å². The molecule has 0 aliphatic carbocycles. The van der Waals surface area contributed by atoms with Gasteiger partial charge in [0.15, 0.2) is 5.96 Å². The molecule has 1 aliphatic heterocycles. The number of aryl methyl sites for hydroxylation is 1. The van der Waals surface area contributed by atoms with Gasteiger partial charge in [-0.3, -0.25) is 14.6 Å². The fourth-order valence-corrected chi connectivity index (χ4v) is 3.29. The van der Waals surface area contributed by atoms with Gasteiger partial charge in [-0.15, -0.1) is 24.0 Å². The zero-order valence-corrected chi connectivity index (χ0v) is 17.7. The third-order valence-corrected chi connectivity index (χ3v) is 4.53. The van der Waals surface area contributed by atoms with Crippen LogP contribution in [0.2, 0.25) is 0 Å². The first-order chi connectivity index (χ1) is 12.1. The molecule has 1 amide bonds. The Labute approximate surface area is 172 Å². The molecule has 0 saturated carbocycles. The number of aliphatic imine (C=N–C) groups is 1. The summed E-state index contributed by atoms with van der Waals surface area (Å²) in [6.45, 7) is 3.31. The van der Waals surface area contributed by atoms with Crippen LogP contribution in [-0.4, -0.2) is 48.0 Å². The second kappa shape index (κ2) is 11.9. The summed E-state index contributed by atoms with van der Waals surface area (Å²) in [7, 11) is 1.78. The second-order valence-corrected chi connectivity index (χ2v) is 6.54. The number of amides is 1. The number of halogens is 1. The first-order valence-electron chi connectivity index (χ1n) is 8.99. The highest BCUT2D eigenvalue weighted by Gasteiger charge is 2.23. The Bertz CT molecular complexity index is 646. The van der Waals surface area contributed by atoms with Crippen LogP contribution in [0.5, 0.6) is 0 Å². The van der Waals surface area contributed by atoms with Gasteiger partial charge in [-0.05, 0) is 37.7 Å². The molecule has 2 rings (SSSR count). The maximum absolute atomic E-state index is 11.6. The average Bonchev–Trinajstić information content (AvgIpc) is 2.59. The molecule has 146 valence electrons. The molecule has 2 heterocycles. The van der Waals surface area contributed by atoms with Crippen molar-refractivity contribution in [1.29, 1.82) is 0 Å². The number of nitrogens with zero attached hydrogens (tertiary/aromatic N) is 3. The van der Waals surface area contributed by atoms with Crippen molar-refractivity contribution >= 4 is 35.8 Å². The number of nitrogens with two attached hydrogens (primary N) is 1. The zero-order chi connectivity index (χ0) is 18.1. The van der Waals surface area contributed by atoms with E-state index < -0.39 is 0 Å². The summed E-state index contributed by atoms with van der Waals surface area (Å²) >= 11 is 0. The number of guanidine groups is 1. The maximum Gasteiger partial charge on any atom is 0.250 e. The Morgan fingerprint density at radius 3 is 2.88 bits per heavy atom. The summed E-state index contributed by atoms with van der Waals surface area (Å²) in [5.41, 5.74) is 5.36. The second-order valence-electron chi connectivity index (χ2n) is 6.54. The Kier molecular flexibility index (Phi) is 10.3. The van der Waals surface area contributed by atoms with Crippen LogP contribution in [0.25, 0.3) is 0 Å². The smallest absolute Gasteiger partial charge is 0.250 e. The van der Waals surface area contributed by atoms with Crippen LogP contribution in [0.1, 0.15) is 32.1 Å². The number of nitrogens with one attached hydrogen (secondary N) is 1. The molecule has 7 nitrogen and oxygen atoms in total. The summed E-state index contributed by atoms with van der Waals surface area (Å²) in [6.07, 6.45) is 6.25. The highest BCUT2D eigenvalue weighted by atomic mass is 127. The van der Waals surface area contributed by atoms with E-state index in [9.17, 15) is 9.59 Å². The lowest BCUT2D eigenvalue weighted by Crippen LogP contribution is -2.47. The highest BCUT2D eigenvalue weighted by Crippen LogP contribution is 2.19. The predicted octanol–water partition coefficient (Wildman–Crippen LogP) is 1.41. The number of primary amides is 1. The number of carbonyl (C=O) groups excluding carboxylic acids is 1. The molecule has 1 unspecified atom stereocenters. The van der Waals surface area contributed by atoms with Crippen molar-refractivity contribution in [3.05, 3.63) is 34.7 Å². The topological polar surface area (TPSA) is 92.7 Å². The number of aromatic nitrogens is 1. The SMILES string of the molecule is CN=C(NCCCCn1ccccc1=O)N1CCCC(CC(N)=O)C1.I. The lowest BCUT2D eigenvalue weighted by atomic mass is 9.95. The van der Waals surface area contributed by atoms with E-state index >= 15 is 0 Å². The first-order valence-corrected chi connectivity index (χ1v) is 8.99. The van der Waals surface area contributed by atoms with E-state index in [0.717, 1.165) is 57.8 Å². The molecule has 1 atom stereocenters. The molecular weight excluding hydrogens is 445 g/mol. The van der Waals surface area contributed by atoms with Crippen molar-refractivity contribution in [2.45, 2.75) is 38.6 Å². The lowest BCUT2D eigenvalue weighted by Gasteiger charge is -2.34. The van der Waals surface area contributed by atoms with Gasteiger partial charge in [-0.2, -0.15) is 0 Å². The third kappa shape index (κ3) is 7.35. The number of hydrogen-bond donors (Lipinski definition) is 2. The summed E-state index contributed by atoms with van der Waals surface area (Å²) in [5, 5.41) is 3.39. The maximum atomic E-state index is 11.6. The minimum Gasteiger partial charge on any atom is -0.370 e. The summed E-state index contributed by atoms with van der Waals surface area (Å²) < 4.78 is 1.73. The van der Waals surface area contributed by atoms with Crippen LogP contribution in [0, 0.1) is 5.92 Å². The van der Waals surface area contributed by atoms with Gasteiger partial charge in [0.2, 0.25) is 11.5 Å². The monoisotopic (exact) mass is 475 g/mol. The van der Waals surface area contributed by atoms with Crippen LogP contribution in [0.3, 0.4) is 0 Å². The molecule has 1 fully saturated rings. The van der Waals surface area contributed by atoms with E-state index in [-0.39, 0.29) is 35.4 Å². The quantitative estimate of drug-likeness (QED) is 0.270. The Balaban J connectivity index is 0.00000338. The first kappa shape index (κ1) is 22.5. The van der Waals surface area contributed by atoms with Crippen molar-refractivity contribution in [2.75, 3.05) is 26.7 Å². The third-order valence-electron chi connectivity index (χ3n) is 4.53. The molecule has 0 radical (unpaired) electrons. The molecule has 3 N–H and O–H groups in total. The van der Waals surface area contributed by atoms with Crippen molar-refractivity contribution in [1.82, 2.24) is 14.8 Å². The van der Waals surface area contributed by atoms with E-state index in [2.05, 4.69) is 15.2 Å². The fourth-order valence-electron chi connectivity index (χ4n) is 3.29. The van der Waals surface area contributed by atoms with Crippen molar-refractivity contribution in [3.63, 3.8) is 0 Å². The highest BCUT2D eigenvalue weighted by molar-refractivity contribution is 14.0. The molecule has 0 aromatic carbocycles. The van der Waals surface area contributed by atoms with Gasteiger partial charge >= 0.3 is 0 Å². The van der Waals surface area contributed by atoms with E-state index in [0.29, 0.717) is 12.3 Å². The number of unbranched alkanes of at least 4 members (excludes halogenated alkanes) is 1. The van der Waals surface area contributed by atoms with Gasteiger partial charge in [-0.1, -0.05) is 6.07 Å². The number of carbonyl (C=O) groups is 1. The molecule has 8 heteroatoms. The van der Waals surface area contributed by atoms with Gasteiger partial charge < -0.3 is 20.5 Å². The standard InChI is InChI=1S/C18H29N5O2.HI/c1-20-18(23-12-6-7-15(14-23)13-16(19)24)21-9-3-5-11-22-10-4-2-8-17(22)25;/h2,4,8,10,15H,3,5-7,9,11-14H2,1H3,(H2,19,24)(H,20,21);1H. The molecular formula is C18H30IN5O2. The van der Waals surface area contributed by atoms with Gasteiger partial charge in [0, 0.05) is 51.9 Å². The molecule has 0 spiro atoms. The Morgan fingerprint density at radius 2 is 2.19 bits per heavy atom. The Morgan fingerprint density at radius 1 is 1.38 bits per heavy atom. The molecule has 0 bridgehead atoms. The van der Waals surface area contributed by atoms with E-state index in [1.807, 2.05) is 12.3 Å². The van der Waals surface area contributed by atoms with Crippen molar-refractivity contribution < 1.29 is 4.79 Å². The van der Waals surface area contributed by atoms with Gasteiger partial charge in [0.05, 0.1) is 0 Å². The number of piperidine rings is 1. The largest absolute Gasteiger partial charge is 0.370 e. The minimum atomic E-state index is -0.231. The van der Waals surface area contributed by atoms with Crippen molar-refractivity contribution in [2.24, 2.45) is 16.6 Å². The normalized spacial score (nSPS) is 17.5. The summed E-state index contributed by atoms with van der Waals surface area (Å²) in [6, 6.07) is 5.22. The van der Waals surface area contributed by atoms with Crippen LogP contribution >= 0.6 is 24.0 Å². The van der Waals surface area contributed by atoms with Crippen molar-refractivity contribution in [3.8, 4) is 0 Å². The van der Waals surface area contributed by atoms with E-state index in [1.165, 1.54) is 0 Å². The number of pyridine rings is 1. The molecule has 26 heavy (non-hydrogen) atoms. The van der Waals surface area contributed by atoms with Crippen LogP contribution < -0.4 is 16.6 Å². The number of likely N-dealkylation sites (tertiary alicyclic amines) is 1. The Hall–Kier alpha value is -1.58. The molecule has 1 aromatic rings. The van der Waals surface area contributed by atoms with E-state index in [4.69, 9.17) is 5.73 Å². The average molecular weight is 475 g/mol. The van der Waals surface area contributed by atoms with Crippen LogP contribution in [0.15, 0.2) is 34.2 Å². The van der Waals surface area contributed by atoms with Crippen LogP contribution in [0.4, 0.5) is 0 Å². The van der Waals surface area contributed by atoms with Crippen LogP contribution in [-0.2, 0) is 11.3 Å². The zero-order valence-electron chi connectivity index (χ0n) is 15.4.